The third-order valence-electron chi connectivity index (χ3n) is 3.95. The number of urea groups is 1. The molecule has 0 bridgehead atoms. The number of nitrogens with one attached hydrogen (secondary N) is 3. The highest BCUT2D eigenvalue weighted by Crippen LogP contribution is 2.17. The van der Waals surface area contributed by atoms with Gasteiger partial charge in [-0.25, -0.2) is 13.6 Å². The van der Waals surface area contributed by atoms with Gasteiger partial charge in [0.15, 0.2) is 0 Å². The predicted octanol–water partition coefficient (Wildman–Crippen LogP) is 3.32. The summed E-state index contributed by atoms with van der Waals surface area (Å²) in [6.45, 7) is 0.365. The first-order valence-electron chi connectivity index (χ1n) is 8.33. The Morgan fingerprint density at radius 2 is 1.71 bits per heavy atom. The zero-order valence-corrected chi connectivity index (χ0v) is 13.5. The highest BCUT2D eigenvalue weighted by atomic mass is 19.1. The Hall–Kier alpha value is -2.18. The highest BCUT2D eigenvalue weighted by Gasteiger charge is 2.15. The fourth-order valence-corrected chi connectivity index (χ4v) is 2.78. The van der Waals surface area contributed by atoms with Crippen molar-refractivity contribution in [2.75, 3.05) is 11.9 Å². The number of benzene rings is 1. The van der Waals surface area contributed by atoms with Crippen LogP contribution in [-0.4, -0.2) is 24.5 Å². The van der Waals surface area contributed by atoms with Crippen LogP contribution < -0.4 is 16.0 Å². The molecule has 1 aromatic carbocycles. The molecule has 2 rings (SSSR count). The predicted molar refractivity (Wildman–Crippen MR) is 87.6 cm³/mol. The number of rotatable bonds is 6. The van der Waals surface area contributed by atoms with Gasteiger partial charge in [0, 0.05) is 30.8 Å². The van der Waals surface area contributed by atoms with Gasteiger partial charge in [0.1, 0.15) is 11.6 Å². The number of carbonyl (C=O) groups excluding carboxylic acids is 2. The maximum Gasteiger partial charge on any atom is 0.315 e. The summed E-state index contributed by atoms with van der Waals surface area (Å²) in [7, 11) is 0. The van der Waals surface area contributed by atoms with E-state index in [0.29, 0.717) is 13.0 Å². The molecule has 1 fully saturated rings. The van der Waals surface area contributed by atoms with Crippen LogP contribution in [0.15, 0.2) is 18.2 Å². The van der Waals surface area contributed by atoms with Gasteiger partial charge in [-0.05, 0) is 31.4 Å². The number of halogens is 2. The lowest BCUT2D eigenvalue weighted by atomic mass is 9.96. The second kappa shape index (κ2) is 9.20. The number of hydrogen-bond donors (Lipinski definition) is 3. The summed E-state index contributed by atoms with van der Waals surface area (Å²) in [5.74, 6) is -1.84. The van der Waals surface area contributed by atoms with Crippen molar-refractivity contribution in [1.82, 2.24) is 10.6 Å². The first kappa shape index (κ1) is 18.2. The maximum absolute atomic E-state index is 13.0. The van der Waals surface area contributed by atoms with Crippen molar-refractivity contribution in [2.45, 2.75) is 51.0 Å². The normalized spacial score (nSPS) is 14.9. The monoisotopic (exact) mass is 339 g/mol. The van der Waals surface area contributed by atoms with Crippen LogP contribution in [0.25, 0.3) is 0 Å². The zero-order chi connectivity index (χ0) is 17.4. The molecule has 3 amide bonds. The second-order valence-electron chi connectivity index (χ2n) is 6.05. The molecule has 24 heavy (non-hydrogen) atoms. The highest BCUT2D eigenvalue weighted by molar-refractivity contribution is 5.90. The zero-order valence-electron chi connectivity index (χ0n) is 13.5. The topological polar surface area (TPSA) is 70.2 Å². The van der Waals surface area contributed by atoms with Crippen LogP contribution in [0.1, 0.15) is 44.9 Å². The molecule has 0 unspecified atom stereocenters. The van der Waals surface area contributed by atoms with Crippen molar-refractivity contribution >= 4 is 17.6 Å². The minimum Gasteiger partial charge on any atom is -0.338 e. The molecule has 1 aliphatic rings. The van der Waals surface area contributed by atoms with E-state index in [1.165, 1.54) is 6.42 Å². The van der Waals surface area contributed by atoms with E-state index in [-0.39, 0.29) is 30.1 Å². The van der Waals surface area contributed by atoms with E-state index in [1.807, 2.05) is 0 Å². The van der Waals surface area contributed by atoms with E-state index in [1.54, 1.807) is 0 Å². The quantitative estimate of drug-likeness (QED) is 0.696. The lowest BCUT2D eigenvalue weighted by molar-refractivity contribution is -0.116. The Labute approximate surface area is 140 Å². The molecule has 5 nitrogen and oxygen atoms in total. The Bertz CT molecular complexity index is 555. The summed E-state index contributed by atoms with van der Waals surface area (Å²) >= 11 is 0. The molecular formula is C17H23F2N3O2. The fraction of sp³-hybridized carbons (Fsp3) is 0.529. The molecule has 0 heterocycles. The van der Waals surface area contributed by atoms with Crippen LogP contribution in [0.3, 0.4) is 0 Å². The maximum atomic E-state index is 13.0. The van der Waals surface area contributed by atoms with E-state index < -0.39 is 11.6 Å². The van der Waals surface area contributed by atoms with E-state index in [2.05, 4.69) is 16.0 Å². The van der Waals surface area contributed by atoms with Gasteiger partial charge in [0.05, 0.1) is 0 Å². The Balaban J connectivity index is 1.61. The molecule has 132 valence electrons. The van der Waals surface area contributed by atoms with Crippen molar-refractivity contribution < 1.29 is 18.4 Å². The molecule has 7 heteroatoms. The average molecular weight is 339 g/mol. The fourth-order valence-electron chi connectivity index (χ4n) is 2.78. The van der Waals surface area contributed by atoms with E-state index in [0.717, 1.165) is 43.9 Å². The standard InChI is InChI=1S/C17H23F2N3O2/c18-12-9-13(19)11-15(10-12)21-16(23)7-4-8-20-17(24)22-14-5-2-1-3-6-14/h9-11,14H,1-8H2,(H,21,23)(H2,20,22,24). The first-order valence-corrected chi connectivity index (χ1v) is 8.33. The molecule has 0 aromatic heterocycles. The third kappa shape index (κ3) is 6.52. The van der Waals surface area contributed by atoms with Crippen molar-refractivity contribution in [3.8, 4) is 0 Å². The van der Waals surface area contributed by atoms with Gasteiger partial charge in [0.2, 0.25) is 5.91 Å². The van der Waals surface area contributed by atoms with Crippen LogP contribution in [0.5, 0.6) is 0 Å². The molecule has 0 radical (unpaired) electrons. The van der Waals surface area contributed by atoms with Gasteiger partial charge in [-0.15, -0.1) is 0 Å². The number of amides is 3. The van der Waals surface area contributed by atoms with E-state index in [4.69, 9.17) is 0 Å². The van der Waals surface area contributed by atoms with E-state index >= 15 is 0 Å². The SMILES string of the molecule is O=C(CCCNC(=O)NC1CCCCC1)Nc1cc(F)cc(F)c1. The largest absolute Gasteiger partial charge is 0.338 e. The second-order valence-corrected chi connectivity index (χ2v) is 6.05. The third-order valence-corrected chi connectivity index (χ3v) is 3.95. The Kier molecular flexibility index (Phi) is 6.96. The van der Waals surface area contributed by atoms with Crippen LogP contribution >= 0.6 is 0 Å². The molecule has 3 N–H and O–H groups in total. The van der Waals surface area contributed by atoms with Gasteiger partial charge in [-0.2, -0.15) is 0 Å². The van der Waals surface area contributed by atoms with Crippen molar-refractivity contribution in [3.05, 3.63) is 29.8 Å². The smallest absolute Gasteiger partial charge is 0.315 e. The minimum atomic E-state index is -0.744. The summed E-state index contributed by atoms with van der Waals surface area (Å²) in [6.07, 6.45) is 6.14. The number of carbonyl (C=O) groups is 2. The van der Waals surface area contributed by atoms with Gasteiger partial charge in [-0.1, -0.05) is 19.3 Å². The first-order chi connectivity index (χ1) is 11.5. The van der Waals surface area contributed by atoms with Gasteiger partial charge in [0.25, 0.3) is 0 Å². The summed E-state index contributed by atoms with van der Waals surface area (Å²) in [5, 5.41) is 8.07. The van der Waals surface area contributed by atoms with Crippen molar-refractivity contribution in [1.29, 1.82) is 0 Å². The summed E-state index contributed by atoms with van der Waals surface area (Å²) < 4.78 is 26.0. The van der Waals surface area contributed by atoms with Crippen LogP contribution in [0.4, 0.5) is 19.3 Å². The Morgan fingerprint density at radius 3 is 2.38 bits per heavy atom. The number of hydrogen-bond acceptors (Lipinski definition) is 2. The van der Waals surface area contributed by atoms with Crippen LogP contribution in [0.2, 0.25) is 0 Å². The van der Waals surface area contributed by atoms with Gasteiger partial charge in [-0.3, -0.25) is 4.79 Å². The summed E-state index contributed by atoms with van der Waals surface area (Å²) in [5.41, 5.74) is 0.0838. The lowest BCUT2D eigenvalue weighted by Gasteiger charge is -2.22. The lowest BCUT2D eigenvalue weighted by Crippen LogP contribution is -2.43. The van der Waals surface area contributed by atoms with Crippen LogP contribution in [-0.2, 0) is 4.79 Å². The Morgan fingerprint density at radius 1 is 1.04 bits per heavy atom. The van der Waals surface area contributed by atoms with Crippen molar-refractivity contribution in [2.24, 2.45) is 0 Å². The van der Waals surface area contributed by atoms with Gasteiger partial charge >= 0.3 is 6.03 Å². The molecule has 0 aliphatic heterocycles. The molecule has 1 aliphatic carbocycles. The summed E-state index contributed by atoms with van der Waals surface area (Å²) in [4.78, 5) is 23.4. The molecular weight excluding hydrogens is 316 g/mol. The average Bonchev–Trinajstić information content (AvgIpc) is 2.51. The summed E-state index contributed by atoms with van der Waals surface area (Å²) in [6, 6.07) is 2.87. The molecule has 1 saturated carbocycles. The molecule has 1 aromatic rings. The van der Waals surface area contributed by atoms with Crippen LogP contribution in [0, 0.1) is 11.6 Å². The number of anilines is 1. The molecule has 0 spiro atoms. The van der Waals surface area contributed by atoms with E-state index in [9.17, 15) is 18.4 Å². The molecule has 0 atom stereocenters. The molecule has 0 saturated heterocycles. The van der Waals surface area contributed by atoms with Crippen molar-refractivity contribution in [3.63, 3.8) is 0 Å². The van der Waals surface area contributed by atoms with Gasteiger partial charge < -0.3 is 16.0 Å². The minimum absolute atomic E-state index is 0.0838.